The number of esters is 1. The Morgan fingerprint density at radius 2 is 1.82 bits per heavy atom. The molecule has 0 unspecified atom stereocenters. The zero-order chi connectivity index (χ0) is 24.5. The Morgan fingerprint density at radius 3 is 2.50 bits per heavy atom. The molecule has 9 heteroatoms. The van der Waals surface area contributed by atoms with E-state index in [4.69, 9.17) is 19.0 Å². The van der Waals surface area contributed by atoms with E-state index in [1.807, 2.05) is 24.3 Å². The Labute approximate surface area is 197 Å². The Kier molecular flexibility index (Phi) is 4.93. The van der Waals surface area contributed by atoms with Crippen LogP contribution in [0.2, 0.25) is 0 Å². The number of amides is 1. The first-order valence-corrected chi connectivity index (χ1v) is 11.3. The van der Waals surface area contributed by atoms with Gasteiger partial charge in [-0.15, -0.1) is 0 Å². The van der Waals surface area contributed by atoms with E-state index in [1.54, 1.807) is 43.9 Å². The van der Waals surface area contributed by atoms with Crippen molar-refractivity contribution in [3.8, 4) is 0 Å². The number of hydrogen-bond acceptors (Lipinski definition) is 8. The van der Waals surface area contributed by atoms with Gasteiger partial charge in [-0.25, -0.2) is 9.59 Å². The van der Waals surface area contributed by atoms with Crippen molar-refractivity contribution in [2.24, 2.45) is 5.41 Å². The van der Waals surface area contributed by atoms with E-state index in [9.17, 15) is 14.4 Å². The van der Waals surface area contributed by atoms with Gasteiger partial charge in [0.15, 0.2) is 5.66 Å². The lowest BCUT2D eigenvalue weighted by molar-refractivity contribution is -0.182. The van der Waals surface area contributed by atoms with Crippen LogP contribution in [0.3, 0.4) is 0 Å². The van der Waals surface area contributed by atoms with Crippen LogP contribution in [0.15, 0.2) is 41.7 Å². The van der Waals surface area contributed by atoms with Gasteiger partial charge in [-0.2, -0.15) is 5.06 Å². The number of carbonyl (C=O) groups excluding carboxylic acids is 3. The van der Waals surface area contributed by atoms with E-state index >= 15 is 0 Å². The number of hydroxylamine groups is 2. The second-order valence-corrected chi connectivity index (χ2v) is 9.93. The molecule has 34 heavy (non-hydrogen) atoms. The molecular formula is C25H28N2O7. The van der Waals surface area contributed by atoms with E-state index in [1.165, 1.54) is 7.11 Å². The topological polar surface area (TPSA) is 94.6 Å². The number of fused-ring (bicyclic) bond motifs is 3. The zero-order valence-corrected chi connectivity index (χ0v) is 20.0. The van der Waals surface area contributed by atoms with Crippen molar-refractivity contribution in [2.45, 2.75) is 51.3 Å². The summed E-state index contributed by atoms with van der Waals surface area (Å²) in [5, 5.41) is 1.77. The number of rotatable bonds is 3. The Balaban J connectivity index is 1.81. The van der Waals surface area contributed by atoms with Gasteiger partial charge in [0, 0.05) is 29.5 Å². The molecule has 1 aromatic rings. The number of hydrogen-bond donors (Lipinski definition) is 0. The first-order chi connectivity index (χ1) is 16.1. The second-order valence-electron chi connectivity index (χ2n) is 9.93. The summed E-state index contributed by atoms with van der Waals surface area (Å²) in [5.74, 6) is -0.655. The maximum atomic E-state index is 13.4. The average Bonchev–Trinajstić information content (AvgIpc) is 3.27. The number of benzene rings is 1. The molecule has 0 N–H and O–H groups in total. The molecule has 2 saturated heterocycles. The summed E-state index contributed by atoms with van der Waals surface area (Å²) in [5.41, 5.74) is -0.512. The Bertz CT molecular complexity index is 1160. The van der Waals surface area contributed by atoms with E-state index in [0.29, 0.717) is 42.6 Å². The van der Waals surface area contributed by atoms with E-state index in [2.05, 4.69) is 0 Å². The molecule has 4 aliphatic rings. The van der Waals surface area contributed by atoms with Crippen LogP contribution in [-0.4, -0.2) is 55.1 Å². The standard InChI is InChI=1S/C25H28N2O7/c1-23(2,3)34-22(30)33-17-14-24-11-10-18(28)27-16-9-7-6-8-15(16)20(19(17)21(29)31-4)25(24,27)26(32-5)13-12-24/h6-9,14H,10-13H2,1-5H3/t24-,25-/m0/s1. The van der Waals surface area contributed by atoms with Crippen molar-refractivity contribution in [2.75, 3.05) is 25.7 Å². The van der Waals surface area contributed by atoms with Gasteiger partial charge in [0.1, 0.15) is 16.9 Å². The number of para-hydroxylation sites is 1. The number of anilines is 1. The van der Waals surface area contributed by atoms with Crippen LogP contribution in [0.5, 0.6) is 0 Å². The van der Waals surface area contributed by atoms with Gasteiger partial charge in [0.2, 0.25) is 5.91 Å². The van der Waals surface area contributed by atoms with Gasteiger partial charge in [-0.1, -0.05) is 18.2 Å². The number of piperidine rings is 1. The summed E-state index contributed by atoms with van der Waals surface area (Å²) < 4.78 is 16.2. The maximum absolute atomic E-state index is 13.4. The molecule has 3 aliphatic heterocycles. The van der Waals surface area contributed by atoms with Gasteiger partial charge in [0.25, 0.3) is 0 Å². The maximum Gasteiger partial charge on any atom is 0.514 e. The van der Waals surface area contributed by atoms with Gasteiger partial charge in [-0.05, 0) is 45.8 Å². The highest BCUT2D eigenvalue weighted by Gasteiger charge is 2.73. The van der Waals surface area contributed by atoms with Crippen molar-refractivity contribution in [1.82, 2.24) is 5.06 Å². The summed E-state index contributed by atoms with van der Waals surface area (Å²) in [6, 6.07) is 7.42. The van der Waals surface area contributed by atoms with Crippen molar-refractivity contribution in [1.29, 1.82) is 0 Å². The monoisotopic (exact) mass is 468 g/mol. The van der Waals surface area contributed by atoms with Crippen LogP contribution in [0.4, 0.5) is 10.5 Å². The molecule has 9 nitrogen and oxygen atoms in total. The van der Waals surface area contributed by atoms with E-state index < -0.39 is 28.8 Å². The fourth-order valence-electron chi connectivity index (χ4n) is 5.97. The molecule has 180 valence electrons. The third-order valence-corrected chi connectivity index (χ3v) is 7.03. The summed E-state index contributed by atoms with van der Waals surface area (Å²) in [4.78, 5) is 46.9. The molecule has 1 aromatic carbocycles. The first kappa shape index (κ1) is 22.6. The second kappa shape index (κ2) is 7.41. The summed E-state index contributed by atoms with van der Waals surface area (Å²) in [6.45, 7) is 5.72. The van der Waals surface area contributed by atoms with Crippen LogP contribution in [0.1, 0.15) is 45.6 Å². The van der Waals surface area contributed by atoms with Gasteiger partial charge < -0.3 is 14.2 Å². The molecule has 0 saturated carbocycles. The van der Waals surface area contributed by atoms with Crippen LogP contribution in [0.25, 0.3) is 5.57 Å². The highest BCUT2D eigenvalue weighted by Crippen LogP contribution is 2.68. The summed E-state index contributed by atoms with van der Waals surface area (Å²) in [6.07, 6.45) is 2.34. The van der Waals surface area contributed by atoms with E-state index in [-0.39, 0.29) is 17.2 Å². The van der Waals surface area contributed by atoms with Crippen LogP contribution < -0.4 is 4.90 Å². The third kappa shape index (κ3) is 2.83. The predicted molar refractivity (Wildman–Crippen MR) is 121 cm³/mol. The highest BCUT2D eigenvalue weighted by molar-refractivity contribution is 6.15. The fraction of sp³-hybridized carbons (Fsp3) is 0.480. The third-order valence-electron chi connectivity index (χ3n) is 7.03. The molecule has 2 fully saturated rings. The van der Waals surface area contributed by atoms with Crippen LogP contribution in [-0.2, 0) is 28.6 Å². The zero-order valence-electron chi connectivity index (χ0n) is 20.0. The minimum Gasteiger partial charge on any atom is -0.465 e. The molecule has 2 atom stereocenters. The Morgan fingerprint density at radius 1 is 1.09 bits per heavy atom. The number of carbonyl (C=O) groups is 3. The van der Waals surface area contributed by atoms with Gasteiger partial charge >= 0.3 is 12.1 Å². The van der Waals surface area contributed by atoms with Crippen molar-refractivity contribution in [3.05, 3.63) is 47.2 Å². The lowest BCUT2D eigenvalue weighted by atomic mass is 9.62. The molecule has 5 rings (SSSR count). The van der Waals surface area contributed by atoms with Crippen LogP contribution >= 0.6 is 0 Å². The Hall–Kier alpha value is -3.17. The minimum absolute atomic E-state index is 0.0591. The lowest BCUT2D eigenvalue weighted by Crippen LogP contribution is -2.68. The normalized spacial score (nSPS) is 27.6. The summed E-state index contributed by atoms with van der Waals surface area (Å²) >= 11 is 0. The highest BCUT2D eigenvalue weighted by atomic mass is 16.7. The molecular weight excluding hydrogens is 440 g/mol. The lowest BCUT2D eigenvalue weighted by Gasteiger charge is -2.55. The molecule has 1 amide bonds. The molecule has 0 bridgehead atoms. The number of ether oxygens (including phenoxy) is 3. The smallest absolute Gasteiger partial charge is 0.465 e. The average molecular weight is 469 g/mol. The summed E-state index contributed by atoms with van der Waals surface area (Å²) in [7, 11) is 2.83. The SMILES string of the molecule is COC(=O)C1=C2c3ccccc3N3C(=O)CC[C@@]4(C=C1OC(=O)OC(C)(C)C)CCN(OC)[C@@]234. The van der Waals surface area contributed by atoms with Crippen molar-refractivity contribution >= 4 is 29.3 Å². The van der Waals surface area contributed by atoms with Gasteiger partial charge in [0.05, 0.1) is 19.9 Å². The minimum atomic E-state index is -1.09. The quantitative estimate of drug-likeness (QED) is 0.622. The van der Waals surface area contributed by atoms with Crippen LogP contribution in [0, 0.1) is 5.41 Å². The number of nitrogens with zero attached hydrogens (tertiary/aromatic N) is 2. The molecule has 3 heterocycles. The van der Waals surface area contributed by atoms with E-state index in [0.717, 1.165) is 0 Å². The fourth-order valence-corrected chi connectivity index (χ4v) is 5.97. The molecule has 1 spiro atoms. The largest absolute Gasteiger partial charge is 0.514 e. The van der Waals surface area contributed by atoms with Gasteiger partial charge in [-0.3, -0.25) is 14.5 Å². The molecule has 0 aromatic heterocycles. The predicted octanol–water partition coefficient (Wildman–Crippen LogP) is 3.55. The van der Waals surface area contributed by atoms with Crippen molar-refractivity contribution < 1.29 is 33.4 Å². The van der Waals surface area contributed by atoms with Crippen molar-refractivity contribution in [3.63, 3.8) is 0 Å². The molecule has 1 aliphatic carbocycles. The molecule has 0 radical (unpaired) electrons. The first-order valence-electron chi connectivity index (χ1n) is 11.3. The number of methoxy groups -OCH3 is 1.